The maximum absolute atomic E-state index is 13.0. The number of piperidine rings is 1. The Morgan fingerprint density at radius 1 is 1.33 bits per heavy atom. The number of carbonyl (C=O) groups is 2. The van der Waals surface area contributed by atoms with Crippen LogP contribution in [-0.4, -0.2) is 67.6 Å². The minimum Gasteiger partial charge on any atom is -0.379 e. The Kier molecular flexibility index (Phi) is 7.10. The average molecular weight is 394 g/mol. The third-order valence-corrected chi connectivity index (χ3v) is 5.64. The fraction of sp³-hybridized carbons (Fsp3) is 0.600. The van der Waals surface area contributed by atoms with E-state index in [2.05, 4.69) is 10.2 Å². The van der Waals surface area contributed by atoms with Gasteiger partial charge in [0.1, 0.15) is 0 Å². The van der Waals surface area contributed by atoms with E-state index in [4.69, 9.17) is 16.3 Å². The Hall–Kier alpha value is -1.63. The zero-order valence-corrected chi connectivity index (χ0v) is 16.6. The number of nitrogens with zero attached hydrogens (tertiary/aromatic N) is 2. The Balaban J connectivity index is 1.68. The normalized spacial score (nSPS) is 24.1. The quantitative estimate of drug-likeness (QED) is 0.803. The molecule has 2 aliphatic rings. The van der Waals surface area contributed by atoms with E-state index >= 15 is 0 Å². The van der Waals surface area contributed by atoms with Gasteiger partial charge in [0.15, 0.2) is 0 Å². The van der Waals surface area contributed by atoms with E-state index < -0.39 is 0 Å². The van der Waals surface area contributed by atoms with Gasteiger partial charge in [-0.1, -0.05) is 23.7 Å². The van der Waals surface area contributed by atoms with E-state index in [1.807, 2.05) is 31.2 Å². The zero-order chi connectivity index (χ0) is 19.2. The molecule has 2 aliphatic heterocycles. The number of nitrogens with one attached hydrogen (secondary N) is 1. The molecule has 27 heavy (non-hydrogen) atoms. The summed E-state index contributed by atoms with van der Waals surface area (Å²) in [6.45, 7) is 7.27. The second-order valence-corrected chi connectivity index (χ2v) is 7.51. The average Bonchev–Trinajstić information content (AvgIpc) is 2.68. The van der Waals surface area contributed by atoms with E-state index in [-0.39, 0.29) is 23.8 Å². The standard InChI is InChI=1S/C20H28ClN3O3/c1-2-24-18(25)7-6-17(19(24)15-4-3-5-16(21)14-15)20(26)22-8-9-23-10-12-27-13-11-23/h3-5,14,17,19H,2,6-13H2,1H3,(H,22,26)/t17-,19+/m1/s1. The second-order valence-electron chi connectivity index (χ2n) is 7.07. The van der Waals surface area contributed by atoms with Gasteiger partial charge < -0.3 is 15.0 Å². The van der Waals surface area contributed by atoms with Gasteiger partial charge in [0.05, 0.1) is 25.2 Å². The largest absolute Gasteiger partial charge is 0.379 e. The lowest BCUT2D eigenvalue weighted by atomic mass is 9.83. The molecule has 2 saturated heterocycles. The van der Waals surface area contributed by atoms with Crippen molar-refractivity contribution in [2.45, 2.75) is 25.8 Å². The first-order valence-corrected chi connectivity index (χ1v) is 10.1. The van der Waals surface area contributed by atoms with Gasteiger partial charge >= 0.3 is 0 Å². The fourth-order valence-electron chi connectivity index (χ4n) is 4.00. The lowest BCUT2D eigenvalue weighted by molar-refractivity contribution is -0.143. The smallest absolute Gasteiger partial charge is 0.225 e. The number of ether oxygens (including phenoxy) is 1. The summed E-state index contributed by atoms with van der Waals surface area (Å²) in [5.41, 5.74) is 0.922. The monoisotopic (exact) mass is 393 g/mol. The molecular formula is C20H28ClN3O3. The van der Waals surface area contributed by atoms with Gasteiger partial charge in [0.2, 0.25) is 11.8 Å². The summed E-state index contributed by atoms with van der Waals surface area (Å²) >= 11 is 6.17. The van der Waals surface area contributed by atoms with Gasteiger partial charge in [0.25, 0.3) is 0 Å². The summed E-state index contributed by atoms with van der Waals surface area (Å²) in [6.07, 6.45) is 0.975. The first-order valence-electron chi connectivity index (χ1n) is 9.73. The molecule has 1 aromatic carbocycles. The molecule has 2 heterocycles. The van der Waals surface area contributed by atoms with Gasteiger partial charge in [-0.05, 0) is 31.0 Å². The Labute approximate surface area is 165 Å². The number of benzene rings is 1. The molecule has 2 amide bonds. The van der Waals surface area contributed by atoms with E-state index in [1.165, 1.54) is 0 Å². The zero-order valence-electron chi connectivity index (χ0n) is 15.8. The number of hydrogen-bond donors (Lipinski definition) is 1. The molecule has 2 fully saturated rings. The van der Waals surface area contributed by atoms with E-state index in [0.717, 1.165) is 38.4 Å². The molecule has 0 radical (unpaired) electrons. The van der Waals surface area contributed by atoms with Crippen LogP contribution < -0.4 is 5.32 Å². The van der Waals surface area contributed by atoms with Crippen molar-refractivity contribution in [2.75, 3.05) is 45.9 Å². The van der Waals surface area contributed by atoms with Crippen molar-refractivity contribution >= 4 is 23.4 Å². The molecule has 1 N–H and O–H groups in total. The van der Waals surface area contributed by atoms with Crippen LogP contribution in [0, 0.1) is 5.92 Å². The molecule has 0 spiro atoms. The van der Waals surface area contributed by atoms with Gasteiger partial charge in [-0.15, -0.1) is 0 Å². The highest BCUT2D eigenvalue weighted by molar-refractivity contribution is 6.30. The first kappa shape index (κ1) is 20.1. The first-order chi connectivity index (χ1) is 13.1. The summed E-state index contributed by atoms with van der Waals surface area (Å²) in [6, 6.07) is 7.23. The number of hydrogen-bond acceptors (Lipinski definition) is 4. The predicted octanol–water partition coefficient (Wildman–Crippen LogP) is 2.09. The highest BCUT2D eigenvalue weighted by Crippen LogP contribution is 2.37. The molecule has 0 unspecified atom stereocenters. The maximum Gasteiger partial charge on any atom is 0.225 e. The molecule has 7 heteroatoms. The molecule has 6 nitrogen and oxygen atoms in total. The van der Waals surface area contributed by atoms with Crippen molar-refractivity contribution in [3.8, 4) is 0 Å². The minimum absolute atomic E-state index is 0.0131. The maximum atomic E-state index is 13.0. The van der Waals surface area contributed by atoms with Crippen LogP contribution in [0.3, 0.4) is 0 Å². The molecular weight excluding hydrogens is 366 g/mol. The van der Waals surface area contributed by atoms with Crippen molar-refractivity contribution in [2.24, 2.45) is 5.92 Å². The highest BCUT2D eigenvalue weighted by atomic mass is 35.5. The summed E-state index contributed by atoms with van der Waals surface area (Å²) < 4.78 is 5.35. The number of halogens is 1. The number of amides is 2. The number of morpholine rings is 1. The van der Waals surface area contributed by atoms with Crippen LogP contribution in [0.2, 0.25) is 5.02 Å². The summed E-state index contributed by atoms with van der Waals surface area (Å²) in [4.78, 5) is 29.5. The van der Waals surface area contributed by atoms with Gasteiger partial charge in [-0.25, -0.2) is 0 Å². The Bertz CT molecular complexity index is 664. The molecule has 148 valence electrons. The molecule has 0 aliphatic carbocycles. The molecule has 3 rings (SSSR count). The predicted molar refractivity (Wildman–Crippen MR) is 105 cm³/mol. The topological polar surface area (TPSA) is 61.9 Å². The van der Waals surface area contributed by atoms with Crippen LogP contribution in [0.1, 0.15) is 31.4 Å². The third-order valence-electron chi connectivity index (χ3n) is 5.41. The van der Waals surface area contributed by atoms with Crippen LogP contribution in [0.4, 0.5) is 0 Å². The van der Waals surface area contributed by atoms with E-state index in [0.29, 0.717) is 31.0 Å². The summed E-state index contributed by atoms with van der Waals surface area (Å²) in [5.74, 6) is -0.148. The Morgan fingerprint density at radius 2 is 2.11 bits per heavy atom. The van der Waals surface area contributed by atoms with Crippen LogP contribution in [0.25, 0.3) is 0 Å². The van der Waals surface area contributed by atoms with Gasteiger partial charge in [-0.3, -0.25) is 14.5 Å². The lowest BCUT2D eigenvalue weighted by Crippen LogP contribution is -2.49. The van der Waals surface area contributed by atoms with Crippen molar-refractivity contribution in [3.63, 3.8) is 0 Å². The number of rotatable bonds is 6. The van der Waals surface area contributed by atoms with Crippen LogP contribution in [0.5, 0.6) is 0 Å². The summed E-state index contributed by atoms with van der Waals surface area (Å²) in [7, 11) is 0. The number of carbonyl (C=O) groups excluding carboxylic acids is 2. The van der Waals surface area contributed by atoms with Crippen molar-refractivity contribution in [1.29, 1.82) is 0 Å². The molecule has 0 aromatic heterocycles. The van der Waals surface area contributed by atoms with Crippen molar-refractivity contribution in [1.82, 2.24) is 15.1 Å². The van der Waals surface area contributed by atoms with Gasteiger partial charge in [-0.2, -0.15) is 0 Å². The molecule has 0 saturated carbocycles. The highest BCUT2D eigenvalue weighted by Gasteiger charge is 2.39. The lowest BCUT2D eigenvalue weighted by Gasteiger charge is -2.40. The summed E-state index contributed by atoms with van der Waals surface area (Å²) in [5, 5.41) is 3.70. The SMILES string of the molecule is CCN1C(=O)CC[C@@H](C(=O)NCCN2CCOCC2)[C@@H]1c1cccc(Cl)c1. The van der Waals surface area contributed by atoms with E-state index in [1.54, 1.807) is 4.90 Å². The molecule has 0 bridgehead atoms. The van der Waals surface area contributed by atoms with Crippen LogP contribution in [0.15, 0.2) is 24.3 Å². The molecule has 2 atom stereocenters. The number of likely N-dealkylation sites (tertiary alicyclic amines) is 1. The van der Waals surface area contributed by atoms with Gasteiger partial charge in [0, 0.05) is 44.2 Å². The van der Waals surface area contributed by atoms with Crippen molar-refractivity contribution < 1.29 is 14.3 Å². The minimum atomic E-state index is -0.265. The van der Waals surface area contributed by atoms with Crippen LogP contribution >= 0.6 is 11.6 Å². The van der Waals surface area contributed by atoms with E-state index in [9.17, 15) is 9.59 Å². The second kappa shape index (κ2) is 9.53. The van der Waals surface area contributed by atoms with Crippen molar-refractivity contribution in [3.05, 3.63) is 34.9 Å². The molecule has 1 aromatic rings. The third kappa shape index (κ3) is 5.00. The Morgan fingerprint density at radius 3 is 2.81 bits per heavy atom. The fourth-order valence-corrected chi connectivity index (χ4v) is 4.19. The van der Waals surface area contributed by atoms with Crippen LogP contribution in [-0.2, 0) is 14.3 Å².